The summed E-state index contributed by atoms with van der Waals surface area (Å²) in [7, 11) is 1.70. The zero-order valence-corrected chi connectivity index (χ0v) is 12.5. The Morgan fingerprint density at radius 2 is 1.89 bits per heavy atom. The van der Waals surface area contributed by atoms with Crippen LogP contribution < -0.4 is 10.1 Å². The number of ether oxygens (including phenoxy) is 1. The van der Waals surface area contributed by atoms with Crippen molar-refractivity contribution in [2.75, 3.05) is 13.7 Å². The maximum Gasteiger partial charge on any atom is 0.122 e. The van der Waals surface area contributed by atoms with Crippen LogP contribution in [0.15, 0.2) is 24.3 Å². The Bertz CT molecular complexity index is 366. The van der Waals surface area contributed by atoms with Crippen molar-refractivity contribution in [3.8, 4) is 5.75 Å². The van der Waals surface area contributed by atoms with E-state index in [0.717, 1.165) is 18.6 Å². The Morgan fingerprint density at radius 3 is 2.47 bits per heavy atom. The van der Waals surface area contributed by atoms with Crippen molar-refractivity contribution < 1.29 is 9.84 Å². The van der Waals surface area contributed by atoms with Crippen LogP contribution >= 0.6 is 0 Å². The van der Waals surface area contributed by atoms with Crippen LogP contribution in [0.5, 0.6) is 5.75 Å². The number of aliphatic hydroxyl groups is 1. The first-order valence-corrected chi connectivity index (χ1v) is 7.05. The molecule has 1 aromatic carbocycles. The third kappa shape index (κ3) is 5.62. The molecule has 3 nitrogen and oxygen atoms in total. The molecule has 1 aromatic rings. The van der Waals surface area contributed by atoms with Crippen LogP contribution in [-0.2, 0) is 6.42 Å². The molecule has 0 heterocycles. The van der Waals surface area contributed by atoms with Crippen LogP contribution in [0.4, 0.5) is 0 Å². The quantitative estimate of drug-likeness (QED) is 0.759. The van der Waals surface area contributed by atoms with E-state index in [4.69, 9.17) is 4.74 Å². The molecular formula is C16H27NO2. The van der Waals surface area contributed by atoms with Crippen molar-refractivity contribution in [2.24, 2.45) is 5.92 Å². The normalized spacial score (nSPS) is 14.4. The molecular weight excluding hydrogens is 238 g/mol. The molecule has 0 aliphatic rings. The number of aliphatic hydroxyl groups excluding tert-OH is 1. The number of hydrogen-bond acceptors (Lipinski definition) is 3. The molecule has 1 rings (SSSR count). The predicted octanol–water partition coefficient (Wildman–Crippen LogP) is 2.62. The topological polar surface area (TPSA) is 41.5 Å². The van der Waals surface area contributed by atoms with Crippen LogP contribution in [0, 0.1) is 5.92 Å². The van der Waals surface area contributed by atoms with Gasteiger partial charge in [0.1, 0.15) is 5.75 Å². The lowest BCUT2D eigenvalue weighted by Crippen LogP contribution is -2.40. The van der Waals surface area contributed by atoms with Gasteiger partial charge in [0.25, 0.3) is 0 Å². The number of rotatable bonds is 8. The highest BCUT2D eigenvalue weighted by Gasteiger charge is 2.14. The van der Waals surface area contributed by atoms with E-state index < -0.39 is 0 Å². The van der Waals surface area contributed by atoms with Gasteiger partial charge in [0, 0.05) is 12.1 Å². The maximum absolute atomic E-state index is 9.40. The van der Waals surface area contributed by atoms with Gasteiger partial charge < -0.3 is 15.2 Å². The minimum Gasteiger partial charge on any atom is -0.496 e. The summed E-state index contributed by atoms with van der Waals surface area (Å²) in [6.45, 7) is 6.69. The summed E-state index contributed by atoms with van der Waals surface area (Å²) in [5.41, 5.74) is 1.20. The van der Waals surface area contributed by atoms with Crippen LogP contribution in [0.2, 0.25) is 0 Å². The lowest BCUT2D eigenvalue weighted by Gasteiger charge is -2.23. The molecule has 2 atom stereocenters. The van der Waals surface area contributed by atoms with E-state index in [1.807, 2.05) is 18.2 Å². The van der Waals surface area contributed by atoms with E-state index in [2.05, 4.69) is 32.2 Å². The number of hydrogen-bond donors (Lipinski definition) is 2. The standard InChI is InChI=1S/C16H27NO2/c1-12(2)9-15(11-18)17-13(3)10-14-7-5-6-8-16(14)19-4/h5-8,12-13,15,17-18H,9-11H2,1-4H3. The summed E-state index contributed by atoms with van der Waals surface area (Å²) in [4.78, 5) is 0. The van der Waals surface area contributed by atoms with Gasteiger partial charge in [-0.25, -0.2) is 0 Å². The zero-order chi connectivity index (χ0) is 14.3. The predicted molar refractivity (Wildman–Crippen MR) is 79.6 cm³/mol. The lowest BCUT2D eigenvalue weighted by atomic mass is 10.0. The molecule has 0 amide bonds. The Balaban J connectivity index is 2.56. The lowest BCUT2D eigenvalue weighted by molar-refractivity contribution is 0.214. The molecule has 0 bridgehead atoms. The SMILES string of the molecule is COc1ccccc1CC(C)NC(CO)CC(C)C. The molecule has 2 unspecified atom stereocenters. The molecule has 3 heteroatoms. The van der Waals surface area contributed by atoms with Gasteiger partial charge >= 0.3 is 0 Å². The largest absolute Gasteiger partial charge is 0.496 e. The van der Waals surface area contributed by atoms with Crippen LogP contribution in [0.3, 0.4) is 0 Å². The number of methoxy groups -OCH3 is 1. The molecule has 0 fully saturated rings. The summed E-state index contributed by atoms with van der Waals surface area (Å²) in [6, 6.07) is 8.57. The summed E-state index contributed by atoms with van der Waals surface area (Å²) in [5.74, 6) is 1.52. The molecule has 0 aliphatic carbocycles. The molecule has 0 saturated heterocycles. The molecule has 0 radical (unpaired) electrons. The molecule has 19 heavy (non-hydrogen) atoms. The van der Waals surface area contributed by atoms with Gasteiger partial charge in [0.05, 0.1) is 13.7 Å². The number of benzene rings is 1. The van der Waals surface area contributed by atoms with Crippen molar-refractivity contribution in [3.63, 3.8) is 0 Å². The minimum atomic E-state index is 0.171. The van der Waals surface area contributed by atoms with Gasteiger partial charge in [0.15, 0.2) is 0 Å². The van der Waals surface area contributed by atoms with Crippen molar-refractivity contribution in [3.05, 3.63) is 29.8 Å². The van der Waals surface area contributed by atoms with E-state index in [-0.39, 0.29) is 12.6 Å². The van der Waals surface area contributed by atoms with Crippen molar-refractivity contribution in [2.45, 2.75) is 45.7 Å². The average molecular weight is 265 g/mol. The van der Waals surface area contributed by atoms with Crippen molar-refractivity contribution in [1.82, 2.24) is 5.32 Å². The second kappa shape index (κ2) is 8.18. The minimum absolute atomic E-state index is 0.171. The summed E-state index contributed by atoms with van der Waals surface area (Å²) in [6.07, 6.45) is 1.89. The molecule has 0 spiro atoms. The number of para-hydroxylation sites is 1. The third-order valence-corrected chi connectivity index (χ3v) is 3.22. The Hall–Kier alpha value is -1.06. The van der Waals surface area contributed by atoms with Gasteiger partial charge in [0.2, 0.25) is 0 Å². The molecule has 0 saturated carbocycles. The Kier molecular flexibility index (Phi) is 6.89. The smallest absolute Gasteiger partial charge is 0.122 e. The van der Waals surface area contributed by atoms with Gasteiger partial charge in [-0.3, -0.25) is 0 Å². The first-order chi connectivity index (χ1) is 9.06. The molecule has 2 N–H and O–H groups in total. The molecule has 108 valence electrons. The highest BCUT2D eigenvalue weighted by atomic mass is 16.5. The fourth-order valence-corrected chi connectivity index (χ4v) is 2.43. The second-order valence-electron chi connectivity index (χ2n) is 5.59. The van der Waals surface area contributed by atoms with Gasteiger partial charge in [-0.1, -0.05) is 32.0 Å². The van der Waals surface area contributed by atoms with Crippen LogP contribution in [0.1, 0.15) is 32.8 Å². The van der Waals surface area contributed by atoms with Gasteiger partial charge in [-0.15, -0.1) is 0 Å². The van der Waals surface area contributed by atoms with Gasteiger partial charge in [-0.2, -0.15) is 0 Å². The second-order valence-corrected chi connectivity index (χ2v) is 5.59. The van der Waals surface area contributed by atoms with E-state index in [0.29, 0.717) is 12.0 Å². The van der Waals surface area contributed by atoms with Crippen LogP contribution in [0.25, 0.3) is 0 Å². The van der Waals surface area contributed by atoms with Gasteiger partial charge in [-0.05, 0) is 37.3 Å². The first-order valence-electron chi connectivity index (χ1n) is 7.05. The zero-order valence-electron chi connectivity index (χ0n) is 12.5. The molecule has 0 aromatic heterocycles. The highest BCUT2D eigenvalue weighted by Crippen LogP contribution is 2.19. The fraction of sp³-hybridized carbons (Fsp3) is 0.625. The number of nitrogens with one attached hydrogen (secondary N) is 1. The van der Waals surface area contributed by atoms with E-state index in [9.17, 15) is 5.11 Å². The Morgan fingerprint density at radius 1 is 1.21 bits per heavy atom. The summed E-state index contributed by atoms with van der Waals surface area (Å²) >= 11 is 0. The average Bonchev–Trinajstić information content (AvgIpc) is 2.38. The van der Waals surface area contributed by atoms with E-state index in [1.165, 1.54) is 5.56 Å². The van der Waals surface area contributed by atoms with E-state index >= 15 is 0 Å². The summed E-state index contributed by atoms with van der Waals surface area (Å²) < 4.78 is 5.36. The van der Waals surface area contributed by atoms with Crippen LogP contribution in [-0.4, -0.2) is 30.9 Å². The third-order valence-electron chi connectivity index (χ3n) is 3.22. The maximum atomic E-state index is 9.40. The summed E-state index contributed by atoms with van der Waals surface area (Å²) in [5, 5.41) is 12.9. The Labute approximate surface area is 117 Å². The molecule has 0 aliphatic heterocycles. The highest BCUT2D eigenvalue weighted by molar-refractivity contribution is 5.33. The van der Waals surface area contributed by atoms with Crippen molar-refractivity contribution >= 4 is 0 Å². The fourth-order valence-electron chi connectivity index (χ4n) is 2.43. The van der Waals surface area contributed by atoms with E-state index in [1.54, 1.807) is 7.11 Å². The van der Waals surface area contributed by atoms with Crippen molar-refractivity contribution in [1.29, 1.82) is 0 Å². The monoisotopic (exact) mass is 265 g/mol. The first kappa shape index (κ1) is 16.0.